The van der Waals surface area contributed by atoms with Crippen molar-refractivity contribution in [1.29, 1.82) is 0 Å². The van der Waals surface area contributed by atoms with Crippen molar-refractivity contribution in [2.45, 2.75) is 43.1 Å². The summed E-state index contributed by atoms with van der Waals surface area (Å²) in [6, 6.07) is 11.4. The lowest BCUT2D eigenvalue weighted by Crippen LogP contribution is -2.51. The molecule has 45 heavy (non-hydrogen) atoms. The van der Waals surface area contributed by atoms with E-state index in [1.165, 1.54) is 37.3 Å². The zero-order chi connectivity index (χ0) is 32.3. The van der Waals surface area contributed by atoms with E-state index in [2.05, 4.69) is 15.3 Å². The summed E-state index contributed by atoms with van der Waals surface area (Å²) >= 11 is 6.04. The van der Waals surface area contributed by atoms with E-state index in [0.717, 1.165) is 31.0 Å². The Balaban J connectivity index is 1.40. The van der Waals surface area contributed by atoms with E-state index in [0.29, 0.717) is 10.9 Å². The average Bonchev–Trinajstić information content (AvgIpc) is 3.75. The maximum Gasteiger partial charge on any atom is 0.424 e. The van der Waals surface area contributed by atoms with E-state index in [1.807, 2.05) is 0 Å². The lowest BCUT2D eigenvalue weighted by molar-refractivity contribution is -0.265. The Kier molecular flexibility index (Phi) is 7.36. The molecule has 1 aliphatic heterocycles. The van der Waals surface area contributed by atoms with Gasteiger partial charge < -0.3 is 25.6 Å². The van der Waals surface area contributed by atoms with Gasteiger partial charge >= 0.3 is 6.18 Å². The standard InChI is InChI=1S/C31H25ClF4N4O5/c1-29(28(37)42)14-44-26-20(29)12-22(39-25(26)15-2-5-18(33)6-3-15)30(43,31(34,35)36)13-38-27(41)17-10-16-4-9-23(32)40-24(16)21(11-17)45-19-7-8-19/h2-6,9-12,19,43H,7-8,13-14H2,1H3,(H2,37,42)(H,38,41)/t29-,30?/m0/s1. The number of ether oxygens (including phenoxy) is 2. The van der Waals surface area contributed by atoms with Gasteiger partial charge in [0, 0.05) is 22.1 Å². The molecule has 2 aliphatic rings. The normalized spacial score (nSPS) is 19.0. The molecule has 0 bridgehead atoms. The number of carbonyl (C=O) groups is 2. The number of nitrogens with one attached hydrogen (secondary N) is 1. The monoisotopic (exact) mass is 644 g/mol. The van der Waals surface area contributed by atoms with Crippen molar-refractivity contribution < 1.29 is 41.7 Å². The van der Waals surface area contributed by atoms with Gasteiger partial charge in [-0.15, -0.1) is 0 Å². The van der Waals surface area contributed by atoms with E-state index >= 15 is 0 Å². The van der Waals surface area contributed by atoms with Crippen molar-refractivity contribution in [2.75, 3.05) is 13.2 Å². The van der Waals surface area contributed by atoms with Crippen LogP contribution in [-0.4, -0.2) is 52.3 Å². The molecule has 0 saturated heterocycles. The minimum Gasteiger partial charge on any atom is -0.489 e. The van der Waals surface area contributed by atoms with Crippen LogP contribution in [0.4, 0.5) is 17.6 Å². The van der Waals surface area contributed by atoms with E-state index in [-0.39, 0.29) is 51.7 Å². The van der Waals surface area contributed by atoms with Crippen LogP contribution in [0.25, 0.3) is 22.2 Å². The number of hydrogen-bond donors (Lipinski definition) is 3. The molecule has 3 heterocycles. The Morgan fingerprint density at radius 3 is 2.49 bits per heavy atom. The molecule has 234 valence electrons. The van der Waals surface area contributed by atoms with Gasteiger partial charge in [-0.2, -0.15) is 13.2 Å². The fourth-order valence-electron chi connectivity index (χ4n) is 5.01. The molecule has 1 aliphatic carbocycles. The van der Waals surface area contributed by atoms with Crippen molar-refractivity contribution in [3.63, 3.8) is 0 Å². The number of primary amides is 1. The molecular formula is C31H25ClF4N4O5. The van der Waals surface area contributed by atoms with Crippen LogP contribution in [0.15, 0.2) is 54.6 Å². The second kappa shape index (κ2) is 10.8. The second-order valence-electron chi connectivity index (χ2n) is 11.3. The number of rotatable bonds is 8. The van der Waals surface area contributed by atoms with Gasteiger partial charge in [-0.3, -0.25) is 9.59 Å². The second-order valence-corrected chi connectivity index (χ2v) is 11.6. The summed E-state index contributed by atoms with van der Waals surface area (Å²) in [5.74, 6) is -2.23. The van der Waals surface area contributed by atoms with E-state index < -0.39 is 47.1 Å². The number of carbonyl (C=O) groups excluding carboxylic acids is 2. The summed E-state index contributed by atoms with van der Waals surface area (Å²) in [6.07, 6.45) is -3.86. The number of nitrogens with two attached hydrogens (primary N) is 1. The maximum atomic E-state index is 14.7. The Morgan fingerprint density at radius 1 is 1.13 bits per heavy atom. The molecule has 2 aromatic carbocycles. The third-order valence-electron chi connectivity index (χ3n) is 7.94. The van der Waals surface area contributed by atoms with Crippen molar-refractivity contribution in [3.05, 3.63) is 82.4 Å². The first-order chi connectivity index (χ1) is 21.2. The van der Waals surface area contributed by atoms with Gasteiger partial charge in [0.25, 0.3) is 5.91 Å². The van der Waals surface area contributed by atoms with Crippen LogP contribution in [0.3, 0.4) is 0 Å². The number of fused-ring (bicyclic) bond motifs is 2. The number of alkyl halides is 3. The number of pyridine rings is 2. The minimum absolute atomic E-state index is 0.0340. The number of amides is 2. The SMILES string of the molecule is C[C@]1(C(N)=O)COc2c1cc(C(O)(CNC(=O)c1cc(OC3CC3)c3nc(Cl)ccc3c1)C(F)(F)F)nc2-c1ccc(F)cc1. The van der Waals surface area contributed by atoms with Crippen LogP contribution in [0.1, 0.15) is 41.4 Å². The van der Waals surface area contributed by atoms with Crippen molar-refractivity contribution in [3.8, 4) is 22.8 Å². The predicted molar refractivity (Wildman–Crippen MR) is 154 cm³/mol. The molecular weight excluding hydrogens is 620 g/mol. The molecule has 14 heteroatoms. The van der Waals surface area contributed by atoms with Gasteiger partial charge in [-0.1, -0.05) is 11.6 Å². The van der Waals surface area contributed by atoms with Crippen LogP contribution in [-0.2, 0) is 15.8 Å². The Bertz CT molecular complexity index is 1850. The molecule has 1 saturated carbocycles. The number of benzene rings is 2. The minimum atomic E-state index is -5.37. The molecule has 6 rings (SSSR count). The highest BCUT2D eigenvalue weighted by molar-refractivity contribution is 6.29. The van der Waals surface area contributed by atoms with Crippen LogP contribution >= 0.6 is 11.6 Å². The molecule has 1 fully saturated rings. The van der Waals surface area contributed by atoms with Crippen molar-refractivity contribution >= 4 is 34.3 Å². The molecule has 0 radical (unpaired) electrons. The first-order valence-corrected chi connectivity index (χ1v) is 14.2. The molecule has 2 atom stereocenters. The molecule has 4 N–H and O–H groups in total. The van der Waals surface area contributed by atoms with Crippen molar-refractivity contribution in [1.82, 2.24) is 15.3 Å². The number of nitrogens with zero attached hydrogens (tertiary/aromatic N) is 2. The summed E-state index contributed by atoms with van der Waals surface area (Å²) in [6.45, 7) is -0.268. The number of aromatic nitrogens is 2. The van der Waals surface area contributed by atoms with E-state index in [4.69, 9.17) is 26.8 Å². The van der Waals surface area contributed by atoms with Gasteiger partial charge in [0.2, 0.25) is 11.5 Å². The third kappa shape index (κ3) is 5.50. The first kappa shape index (κ1) is 30.5. The van der Waals surface area contributed by atoms with Crippen LogP contribution in [0, 0.1) is 5.82 Å². The molecule has 2 aromatic heterocycles. The number of aliphatic hydroxyl groups is 1. The lowest BCUT2D eigenvalue weighted by atomic mass is 9.81. The highest BCUT2D eigenvalue weighted by Crippen LogP contribution is 2.47. The maximum absolute atomic E-state index is 14.7. The average molecular weight is 645 g/mol. The van der Waals surface area contributed by atoms with Crippen molar-refractivity contribution in [2.24, 2.45) is 5.73 Å². The molecule has 0 spiro atoms. The quantitative estimate of drug-likeness (QED) is 0.182. The summed E-state index contributed by atoms with van der Waals surface area (Å²) in [5, 5.41) is 14.1. The Morgan fingerprint density at radius 2 is 1.84 bits per heavy atom. The smallest absolute Gasteiger partial charge is 0.424 e. The summed E-state index contributed by atoms with van der Waals surface area (Å²) < 4.78 is 69.5. The summed E-state index contributed by atoms with van der Waals surface area (Å²) in [7, 11) is 0. The highest BCUT2D eigenvalue weighted by Gasteiger charge is 2.57. The number of halogens is 5. The van der Waals surface area contributed by atoms with Crippen LogP contribution < -0.4 is 20.5 Å². The van der Waals surface area contributed by atoms with Gasteiger partial charge in [-0.25, -0.2) is 14.4 Å². The van der Waals surface area contributed by atoms with Crippen LogP contribution in [0.2, 0.25) is 5.15 Å². The summed E-state index contributed by atoms with van der Waals surface area (Å²) in [5.41, 5.74) is -0.368. The lowest BCUT2D eigenvalue weighted by Gasteiger charge is -2.31. The van der Waals surface area contributed by atoms with E-state index in [1.54, 1.807) is 6.07 Å². The first-order valence-electron chi connectivity index (χ1n) is 13.8. The van der Waals surface area contributed by atoms with E-state index in [9.17, 15) is 32.3 Å². The van der Waals surface area contributed by atoms with Crippen LogP contribution in [0.5, 0.6) is 11.5 Å². The molecule has 4 aromatic rings. The third-order valence-corrected chi connectivity index (χ3v) is 8.15. The van der Waals surface area contributed by atoms with Gasteiger partial charge in [0.1, 0.15) is 45.7 Å². The molecule has 9 nitrogen and oxygen atoms in total. The largest absolute Gasteiger partial charge is 0.489 e. The highest BCUT2D eigenvalue weighted by atomic mass is 35.5. The Hall–Kier alpha value is -4.49. The topological polar surface area (TPSA) is 137 Å². The fourth-order valence-corrected chi connectivity index (χ4v) is 5.16. The molecule has 1 unspecified atom stereocenters. The van der Waals surface area contributed by atoms with Gasteiger partial charge in [-0.05, 0) is 74.4 Å². The predicted octanol–water partition coefficient (Wildman–Crippen LogP) is 4.95. The fraction of sp³-hybridized carbons (Fsp3) is 0.290. The van der Waals surface area contributed by atoms with Gasteiger partial charge in [0.15, 0.2) is 0 Å². The number of hydrogen-bond acceptors (Lipinski definition) is 7. The molecule has 2 amide bonds. The zero-order valence-electron chi connectivity index (χ0n) is 23.5. The zero-order valence-corrected chi connectivity index (χ0v) is 24.3. The van der Waals surface area contributed by atoms with Gasteiger partial charge in [0.05, 0.1) is 18.3 Å². The summed E-state index contributed by atoms with van der Waals surface area (Å²) in [4.78, 5) is 34.1. The Labute approximate surface area is 258 Å².